The minimum atomic E-state index is -0.427. The zero-order valence-corrected chi connectivity index (χ0v) is 11.7. The van der Waals surface area contributed by atoms with Crippen LogP contribution in [0.15, 0.2) is 24.3 Å². The Balaban J connectivity index is 0.00000137. The molecule has 1 aromatic carbocycles. The number of hydrogen-bond donors (Lipinski definition) is 0. The topological polar surface area (TPSA) is 46.6 Å². The Morgan fingerprint density at radius 3 is 2.39 bits per heavy atom. The van der Waals surface area contributed by atoms with Crippen LogP contribution in [0.3, 0.4) is 0 Å². The first kappa shape index (κ1) is 16.2. The van der Waals surface area contributed by atoms with E-state index in [0.29, 0.717) is 5.56 Å². The first-order valence-electron chi connectivity index (χ1n) is 5.93. The highest BCUT2D eigenvalue weighted by atomic mass is 16.5. The third kappa shape index (κ3) is 4.99. The second-order valence-corrected chi connectivity index (χ2v) is 3.61. The van der Waals surface area contributed by atoms with E-state index in [1.54, 1.807) is 19.2 Å². The minimum Gasteiger partial charge on any atom is -0.468 e. The van der Waals surface area contributed by atoms with Crippen LogP contribution < -0.4 is 0 Å². The molecular formula is C14H21NO3. The van der Waals surface area contributed by atoms with Gasteiger partial charge in [0.25, 0.3) is 5.91 Å². The highest BCUT2D eigenvalue weighted by Gasteiger charge is 2.14. The monoisotopic (exact) mass is 251 g/mol. The molecule has 0 fully saturated rings. The maximum absolute atomic E-state index is 11.9. The predicted molar refractivity (Wildman–Crippen MR) is 71.5 cm³/mol. The van der Waals surface area contributed by atoms with E-state index < -0.39 is 5.97 Å². The molecule has 1 amide bonds. The van der Waals surface area contributed by atoms with Gasteiger partial charge in [-0.1, -0.05) is 31.5 Å². The molecule has 4 heteroatoms. The maximum Gasteiger partial charge on any atom is 0.325 e. The SMILES string of the molecule is CC.COC(=O)CN(C)C(=O)c1cccc(C)c1. The predicted octanol–water partition coefficient (Wildman–Crippen LogP) is 2.27. The average Bonchev–Trinajstić information content (AvgIpc) is 2.39. The van der Waals surface area contributed by atoms with Gasteiger partial charge in [0.1, 0.15) is 6.54 Å². The van der Waals surface area contributed by atoms with Crippen LogP contribution in [0.2, 0.25) is 0 Å². The van der Waals surface area contributed by atoms with Crippen molar-refractivity contribution in [2.24, 2.45) is 0 Å². The fraction of sp³-hybridized carbons (Fsp3) is 0.429. The normalized spacial score (nSPS) is 8.94. The summed E-state index contributed by atoms with van der Waals surface area (Å²) in [5.74, 6) is -0.613. The number of carbonyl (C=O) groups excluding carboxylic acids is 2. The van der Waals surface area contributed by atoms with Crippen molar-refractivity contribution in [2.45, 2.75) is 20.8 Å². The van der Waals surface area contributed by atoms with Crippen molar-refractivity contribution in [3.63, 3.8) is 0 Å². The molecule has 100 valence electrons. The van der Waals surface area contributed by atoms with Crippen molar-refractivity contribution in [3.8, 4) is 0 Å². The quantitative estimate of drug-likeness (QED) is 0.774. The second kappa shape index (κ2) is 8.28. The molecule has 0 heterocycles. The molecule has 0 N–H and O–H groups in total. The number of carbonyl (C=O) groups is 2. The molecule has 0 unspecified atom stereocenters. The lowest BCUT2D eigenvalue weighted by Gasteiger charge is -2.15. The van der Waals surface area contributed by atoms with Gasteiger partial charge in [0.2, 0.25) is 0 Å². The van der Waals surface area contributed by atoms with E-state index in [0.717, 1.165) is 5.56 Å². The molecule has 0 spiro atoms. The van der Waals surface area contributed by atoms with Crippen LogP contribution in [-0.4, -0.2) is 37.5 Å². The van der Waals surface area contributed by atoms with E-state index >= 15 is 0 Å². The average molecular weight is 251 g/mol. The summed E-state index contributed by atoms with van der Waals surface area (Å²) in [4.78, 5) is 24.2. The van der Waals surface area contributed by atoms with Crippen molar-refractivity contribution in [1.29, 1.82) is 0 Å². The van der Waals surface area contributed by atoms with Gasteiger partial charge in [-0.2, -0.15) is 0 Å². The van der Waals surface area contributed by atoms with E-state index in [4.69, 9.17) is 0 Å². The highest BCUT2D eigenvalue weighted by Crippen LogP contribution is 2.06. The van der Waals surface area contributed by atoms with Gasteiger partial charge in [0.15, 0.2) is 0 Å². The molecule has 1 aromatic rings. The first-order valence-corrected chi connectivity index (χ1v) is 5.93. The number of aryl methyl sites for hydroxylation is 1. The Morgan fingerprint density at radius 2 is 1.89 bits per heavy atom. The van der Waals surface area contributed by atoms with E-state index in [1.807, 2.05) is 32.9 Å². The number of ether oxygens (including phenoxy) is 1. The molecule has 18 heavy (non-hydrogen) atoms. The van der Waals surface area contributed by atoms with Crippen LogP contribution in [-0.2, 0) is 9.53 Å². The lowest BCUT2D eigenvalue weighted by molar-refractivity contribution is -0.141. The largest absolute Gasteiger partial charge is 0.468 e. The Kier molecular flexibility index (Phi) is 7.43. The van der Waals surface area contributed by atoms with Crippen molar-refractivity contribution in [2.75, 3.05) is 20.7 Å². The molecule has 4 nitrogen and oxygen atoms in total. The van der Waals surface area contributed by atoms with Crippen molar-refractivity contribution >= 4 is 11.9 Å². The first-order chi connectivity index (χ1) is 8.54. The zero-order valence-electron chi connectivity index (χ0n) is 11.7. The van der Waals surface area contributed by atoms with Crippen LogP contribution in [0.4, 0.5) is 0 Å². The van der Waals surface area contributed by atoms with Gasteiger partial charge in [-0.15, -0.1) is 0 Å². The fourth-order valence-corrected chi connectivity index (χ4v) is 1.33. The summed E-state index contributed by atoms with van der Waals surface area (Å²) in [7, 11) is 2.87. The molecule has 0 saturated heterocycles. The summed E-state index contributed by atoms with van der Waals surface area (Å²) >= 11 is 0. The van der Waals surface area contributed by atoms with Crippen LogP contribution in [0, 0.1) is 6.92 Å². The maximum atomic E-state index is 11.9. The minimum absolute atomic E-state index is 0.0384. The van der Waals surface area contributed by atoms with E-state index in [-0.39, 0.29) is 12.5 Å². The lowest BCUT2D eigenvalue weighted by atomic mass is 10.1. The van der Waals surface area contributed by atoms with Gasteiger partial charge in [0, 0.05) is 12.6 Å². The number of amides is 1. The smallest absolute Gasteiger partial charge is 0.325 e. The van der Waals surface area contributed by atoms with Gasteiger partial charge in [-0.25, -0.2) is 0 Å². The van der Waals surface area contributed by atoms with Gasteiger partial charge >= 0.3 is 5.97 Å². The van der Waals surface area contributed by atoms with Gasteiger partial charge in [-0.05, 0) is 19.1 Å². The number of hydrogen-bond acceptors (Lipinski definition) is 3. The molecule has 0 atom stereocenters. The number of methoxy groups -OCH3 is 1. The third-order valence-electron chi connectivity index (χ3n) is 2.21. The van der Waals surface area contributed by atoms with Crippen LogP contribution in [0.1, 0.15) is 29.8 Å². The molecule has 1 rings (SSSR count). The summed E-state index contributed by atoms with van der Waals surface area (Å²) in [6.45, 7) is 5.88. The molecular weight excluding hydrogens is 230 g/mol. The van der Waals surface area contributed by atoms with Gasteiger partial charge < -0.3 is 9.64 Å². The summed E-state index contributed by atoms with van der Waals surface area (Å²) in [5, 5.41) is 0. The Bertz CT molecular complexity index is 402. The van der Waals surface area contributed by atoms with Crippen molar-refractivity contribution < 1.29 is 14.3 Å². The van der Waals surface area contributed by atoms with E-state index in [1.165, 1.54) is 12.0 Å². The summed E-state index contributed by atoms with van der Waals surface area (Å²) in [6.07, 6.45) is 0. The summed E-state index contributed by atoms with van der Waals surface area (Å²) in [5.41, 5.74) is 1.59. The lowest BCUT2D eigenvalue weighted by Crippen LogP contribution is -2.32. The van der Waals surface area contributed by atoms with Crippen LogP contribution >= 0.6 is 0 Å². The highest BCUT2D eigenvalue weighted by molar-refractivity contribution is 5.95. The standard InChI is InChI=1S/C12H15NO3.C2H6/c1-9-5-4-6-10(7-9)12(15)13(2)8-11(14)16-3;1-2/h4-7H,8H2,1-3H3;1-2H3. The van der Waals surface area contributed by atoms with Crippen LogP contribution in [0.5, 0.6) is 0 Å². The third-order valence-corrected chi connectivity index (χ3v) is 2.21. The Hall–Kier alpha value is -1.84. The zero-order chi connectivity index (χ0) is 14.1. The molecule has 0 saturated carbocycles. The van der Waals surface area contributed by atoms with Crippen LogP contribution in [0.25, 0.3) is 0 Å². The number of rotatable bonds is 3. The number of likely N-dealkylation sites (N-methyl/N-ethyl adjacent to an activating group) is 1. The molecule has 0 bridgehead atoms. The van der Waals surface area contributed by atoms with Gasteiger partial charge in [0.05, 0.1) is 7.11 Å². The number of nitrogens with zero attached hydrogens (tertiary/aromatic N) is 1. The number of esters is 1. The van der Waals surface area contributed by atoms with Gasteiger partial charge in [-0.3, -0.25) is 9.59 Å². The van der Waals surface area contributed by atoms with Crippen molar-refractivity contribution in [1.82, 2.24) is 4.90 Å². The van der Waals surface area contributed by atoms with Crippen molar-refractivity contribution in [3.05, 3.63) is 35.4 Å². The van der Waals surface area contributed by atoms with E-state index in [2.05, 4.69) is 4.74 Å². The molecule has 0 aliphatic carbocycles. The molecule has 0 aliphatic rings. The molecule has 0 radical (unpaired) electrons. The van der Waals surface area contributed by atoms with E-state index in [9.17, 15) is 9.59 Å². The fourth-order valence-electron chi connectivity index (χ4n) is 1.33. The summed E-state index contributed by atoms with van der Waals surface area (Å²) in [6, 6.07) is 7.24. The number of benzene rings is 1. The Labute approximate surface area is 109 Å². The second-order valence-electron chi connectivity index (χ2n) is 3.61. The Morgan fingerprint density at radius 1 is 1.28 bits per heavy atom. The summed E-state index contributed by atoms with van der Waals surface area (Å²) < 4.78 is 4.50. The molecule has 0 aliphatic heterocycles. The molecule has 0 aromatic heterocycles.